The quantitative estimate of drug-likeness (QED) is 0.687. The van der Waals surface area contributed by atoms with Crippen LogP contribution in [-0.4, -0.2) is 22.5 Å². The number of aryl methyl sites for hydroxylation is 1. The molecule has 1 atom stereocenters. The van der Waals surface area contributed by atoms with Gasteiger partial charge in [-0.05, 0) is 44.5 Å². The van der Waals surface area contributed by atoms with Crippen molar-refractivity contribution >= 4 is 0 Å². The van der Waals surface area contributed by atoms with Crippen molar-refractivity contribution in [3.63, 3.8) is 0 Å². The standard InChI is InChI=1S/C13H19N2/c1-11-6-5-7-12(14-11)10-13-8-3-4-9-15(13)2/h5-7,13H,2-4,8-10H2,1H3/q-1. The van der Waals surface area contributed by atoms with E-state index >= 15 is 0 Å². The van der Waals surface area contributed by atoms with E-state index in [1.54, 1.807) is 0 Å². The number of hydrogen-bond acceptors (Lipinski definition) is 2. The van der Waals surface area contributed by atoms with E-state index in [4.69, 9.17) is 0 Å². The topological polar surface area (TPSA) is 16.1 Å². The molecule has 1 fully saturated rings. The van der Waals surface area contributed by atoms with Crippen molar-refractivity contribution in [2.45, 2.75) is 38.6 Å². The second-order valence-corrected chi connectivity index (χ2v) is 4.44. The van der Waals surface area contributed by atoms with E-state index in [0.717, 1.165) is 18.7 Å². The van der Waals surface area contributed by atoms with Crippen LogP contribution in [0, 0.1) is 14.0 Å². The maximum absolute atomic E-state index is 4.55. The fourth-order valence-corrected chi connectivity index (χ4v) is 2.25. The third-order valence-corrected chi connectivity index (χ3v) is 3.14. The molecule has 1 aromatic heterocycles. The average Bonchev–Trinajstić information content (AvgIpc) is 2.22. The van der Waals surface area contributed by atoms with E-state index in [0.29, 0.717) is 6.04 Å². The number of nitrogens with zero attached hydrogens (tertiary/aromatic N) is 2. The molecule has 1 aliphatic heterocycles. The van der Waals surface area contributed by atoms with Crippen LogP contribution in [-0.2, 0) is 6.42 Å². The zero-order valence-electron chi connectivity index (χ0n) is 9.45. The van der Waals surface area contributed by atoms with Crippen molar-refractivity contribution in [3.8, 4) is 0 Å². The lowest BCUT2D eigenvalue weighted by Gasteiger charge is -2.39. The monoisotopic (exact) mass is 203 g/mol. The molecule has 2 rings (SSSR count). The van der Waals surface area contributed by atoms with Crippen LogP contribution in [0.15, 0.2) is 18.2 Å². The molecule has 0 saturated carbocycles. The molecular weight excluding hydrogens is 184 g/mol. The van der Waals surface area contributed by atoms with Gasteiger partial charge >= 0.3 is 0 Å². The van der Waals surface area contributed by atoms with Crippen LogP contribution in [0.2, 0.25) is 0 Å². The molecule has 2 nitrogen and oxygen atoms in total. The Morgan fingerprint density at radius 1 is 1.47 bits per heavy atom. The lowest BCUT2D eigenvalue weighted by molar-refractivity contribution is 0.207. The van der Waals surface area contributed by atoms with Crippen molar-refractivity contribution in [2.24, 2.45) is 0 Å². The lowest BCUT2D eigenvalue weighted by Crippen LogP contribution is -2.36. The predicted octanol–water partition coefficient (Wildman–Crippen LogP) is 2.58. The van der Waals surface area contributed by atoms with Crippen LogP contribution in [0.1, 0.15) is 30.7 Å². The normalized spacial score (nSPS) is 22.9. The SMILES string of the molecule is [CH2-]N1CCCCC1Cc1cccc(C)n1. The third kappa shape index (κ3) is 2.78. The van der Waals surface area contributed by atoms with Crippen LogP contribution >= 0.6 is 0 Å². The molecule has 1 aliphatic rings. The summed E-state index contributed by atoms with van der Waals surface area (Å²) in [5.74, 6) is 0. The summed E-state index contributed by atoms with van der Waals surface area (Å²) in [5.41, 5.74) is 2.31. The predicted molar refractivity (Wildman–Crippen MR) is 62.4 cm³/mol. The van der Waals surface area contributed by atoms with E-state index in [-0.39, 0.29) is 0 Å². The van der Waals surface area contributed by atoms with Gasteiger partial charge in [0.2, 0.25) is 0 Å². The number of aromatic nitrogens is 1. The Morgan fingerprint density at radius 2 is 2.33 bits per heavy atom. The van der Waals surface area contributed by atoms with Crippen molar-refractivity contribution in [2.75, 3.05) is 6.54 Å². The minimum Gasteiger partial charge on any atom is -0.456 e. The first-order chi connectivity index (χ1) is 7.25. The van der Waals surface area contributed by atoms with Crippen LogP contribution in [0.4, 0.5) is 0 Å². The Hall–Kier alpha value is -0.890. The van der Waals surface area contributed by atoms with Crippen LogP contribution < -0.4 is 0 Å². The highest BCUT2D eigenvalue weighted by Crippen LogP contribution is 2.18. The molecule has 0 N–H and O–H groups in total. The molecule has 0 bridgehead atoms. The Kier molecular flexibility index (Phi) is 3.37. The van der Waals surface area contributed by atoms with Gasteiger partial charge in [0.25, 0.3) is 0 Å². The Labute approximate surface area is 92.3 Å². The fraction of sp³-hybridized carbons (Fsp3) is 0.538. The molecule has 2 heterocycles. The summed E-state index contributed by atoms with van der Waals surface area (Å²) in [6.07, 6.45) is 4.94. The molecule has 2 heteroatoms. The molecule has 1 saturated heterocycles. The minimum atomic E-state index is 0.591. The molecule has 1 unspecified atom stereocenters. The highest BCUT2D eigenvalue weighted by molar-refractivity contribution is 5.11. The molecule has 15 heavy (non-hydrogen) atoms. The van der Waals surface area contributed by atoms with E-state index < -0.39 is 0 Å². The van der Waals surface area contributed by atoms with Gasteiger partial charge in [0.05, 0.1) is 0 Å². The van der Waals surface area contributed by atoms with Crippen LogP contribution in [0.3, 0.4) is 0 Å². The maximum atomic E-state index is 4.55. The van der Waals surface area contributed by atoms with Gasteiger partial charge < -0.3 is 4.90 Å². The van der Waals surface area contributed by atoms with Gasteiger partial charge in [-0.3, -0.25) is 12.0 Å². The van der Waals surface area contributed by atoms with Crippen LogP contribution in [0.5, 0.6) is 0 Å². The highest BCUT2D eigenvalue weighted by atomic mass is 15.1. The minimum absolute atomic E-state index is 0.591. The molecule has 0 amide bonds. The molecular formula is C13H19N2-. The van der Waals surface area contributed by atoms with Crippen molar-refractivity contribution in [3.05, 3.63) is 36.6 Å². The zero-order chi connectivity index (χ0) is 10.7. The first-order valence-electron chi connectivity index (χ1n) is 5.75. The summed E-state index contributed by atoms with van der Waals surface area (Å²) in [4.78, 5) is 6.78. The average molecular weight is 203 g/mol. The van der Waals surface area contributed by atoms with E-state index in [9.17, 15) is 0 Å². The number of rotatable bonds is 2. The summed E-state index contributed by atoms with van der Waals surface area (Å²) in [7, 11) is 4.10. The fourth-order valence-electron chi connectivity index (χ4n) is 2.25. The molecule has 0 aliphatic carbocycles. The Morgan fingerprint density at radius 3 is 3.07 bits per heavy atom. The smallest absolute Gasteiger partial charge is 0.0421 e. The van der Waals surface area contributed by atoms with E-state index in [2.05, 4.69) is 29.1 Å². The first kappa shape index (κ1) is 10.6. The second kappa shape index (κ2) is 4.75. The largest absolute Gasteiger partial charge is 0.456 e. The molecule has 0 aromatic carbocycles. The van der Waals surface area contributed by atoms with Gasteiger partial charge in [-0.15, -0.1) is 0 Å². The maximum Gasteiger partial charge on any atom is 0.0421 e. The van der Waals surface area contributed by atoms with Crippen molar-refractivity contribution < 1.29 is 0 Å². The molecule has 0 radical (unpaired) electrons. The van der Waals surface area contributed by atoms with Crippen LogP contribution in [0.25, 0.3) is 0 Å². The molecule has 1 aromatic rings. The number of pyridine rings is 1. The summed E-state index contributed by atoms with van der Waals surface area (Å²) in [6, 6.07) is 6.85. The summed E-state index contributed by atoms with van der Waals surface area (Å²) in [5, 5.41) is 0. The highest BCUT2D eigenvalue weighted by Gasteiger charge is 2.15. The summed E-state index contributed by atoms with van der Waals surface area (Å²) in [6.45, 7) is 3.18. The second-order valence-electron chi connectivity index (χ2n) is 4.44. The lowest BCUT2D eigenvalue weighted by atomic mass is 9.98. The Balaban J connectivity index is 2.01. The van der Waals surface area contributed by atoms with Gasteiger partial charge in [-0.25, -0.2) is 0 Å². The van der Waals surface area contributed by atoms with Gasteiger partial charge in [0.1, 0.15) is 0 Å². The van der Waals surface area contributed by atoms with E-state index in [1.807, 2.05) is 13.0 Å². The number of likely N-dealkylation sites (tertiary alicyclic amines) is 1. The molecule has 82 valence electrons. The van der Waals surface area contributed by atoms with Gasteiger partial charge in [0, 0.05) is 17.8 Å². The Bertz CT molecular complexity index is 322. The van der Waals surface area contributed by atoms with Crippen molar-refractivity contribution in [1.82, 2.24) is 9.88 Å². The van der Waals surface area contributed by atoms with Gasteiger partial charge in [-0.1, -0.05) is 12.5 Å². The van der Waals surface area contributed by atoms with E-state index in [1.165, 1.54) is 25.0 Å². The van der Waals surface area contributed by atoms with Gasteiger partial charge in [-0.2, -0.15) is 0 Å². The zero-order valence-corrected chi connectivity index (χ0v) is 9.45. The number of piperidine rings is 1. The summed E-state index contributed by atoms with van der Waals surface area (Å²) >= 11 is 0. The van der Waals surface area contributed by atoms with Crippen molar-refractivity contribution in [1.29, 1.82) is 0 Å². The first-order valence-corrected chi connectivity index (χ1v) is 5.75. The molecule has 0 spiro atoms. The third-order valence-electron chi connectivity index (χ3n) is 3.14. The summed E-state index contributed by atoms with van der Waals surface area (Å²) < 4.78 is 0. The number of hydrogen-bond donors (Lipinski definition) is 0. The van der Waals surface area contributed by atoms with Gasteiger partial charge in [0.15, 0.2) is 0 Å².